The molecule has 0 rings (SSSR count). The van der Waals surface area contributed by atoms with Gasteiger partial charge in [-0.3, -0.25) is 4.79 Å². The molecule has 0 aromatic heterocycles. The second-order valence-corrected chi connectivity index (χ2v) is 0.925. The van der Waals surface area contributed by atoms with E-state index in [0.29, 0.717) is 6.61 Å². The van der Waals surface area contributed by atoms with Crippen molar-refractivity contribution in [3.05, 3.63) is 0 Å². The van der Waals surface area contributed by atoms with Crippen LogP contribution in [-0.4, -0.2) is 12.6 Å². The third-order valence-electron chi connectivity index (χ3n) is 0.348. The topological polar surface area (TPSA) is 26.3 Å². The first-order valence-corrected chi connectivity index (χ1v) is 1.90. The van der Waals surface area contributed by atoms with Gasteiger partial charge in [-0.2, -0.15) is 0 Å². The first-order chi connectivity index (χ1) is 2.77. The van der Waals surface area contributed by atoms with Gasteiger partial charge in [0.1, 0.15) is 0 Å². The monoisotopic (exact) mass is 90.1 g/mol. The number of esters is 1. The van der Waals surface area contributed by atoms with Gasteiger partial charge in [-0.15, -0.1) is 0 Å². The van der Waals surface area contributed by atoms with E-state index in [1.807, 2.05) is 0 Å². The highest BCUT2D eigenvalue weighted by atomic mass is 16.5. The summed E-state index contributed by atoms with van der Waals surface area (Å²) >= 11 is 0. The molecule has 6 heavy (non-hydrogen) atoms. The van der Waals surface area contributed by atoms with Crippen molar-refractivity contribution in [3.8, 4) is 0 Å². The van der Waals surface area contributed by atoms with Gasteiger partial charge in [0.25, 0.3) is 0 Å². The molecule has 0 saturated carbocycles. The molecule has 0 atom stereocenters. The Kier molecular flexibility index (Phi) is 2.46. The Morgan fingerprint density at radius 1 is 2.00 bits per heavy atom. The number of hydrogen-bond acceptors (Lipinski definition) is 2. The van der Waals surface area contributed by atoms with E-state index in [0.717, 1.165) is 0 Å². The Labute approximate surface area is 40.1 Å². The van der Waals surface area contributed by atoms with Crippen molar-refractivity contribution < 1.29 is 12.4 Å². The van der Waals surface area contributed by atoms with Crippen LogP contribution >= 0.6 is 0 Å². The highest BCUT2D eigenvalue weighted by Crippen LogP contribution is 1.69. The van der Waals surface area contributed by atoms with E-state index in [4.69, 9.17) is 0 Å². The van der Waals surface area contributed by atoms with Gasteiger partial charge >= 0.3 is 8.82 Å². The number of ether oxygens (including phenoxy) is 1. The van der Waals surface area contributed by atoms with Crippen LogP contribution in [-0.2, 0) is 9.53 Å². The minimum Gasteiger partial charge on any atom is -0.466 e. The van der Waals surface area contributed by atoms with E-state index >= 15 is 0 Å². The van der Waals surface area contributed by atoms with Gasteiger partial charge in [0.05, 0.1) is 6.61 Å². The number of carbonyl (C=O) groups is 1. The lowest BCUT2D eigenvalue weighted by Gasteiger charge is -1.89. The predicted molar refractivity (Wildman–Crippen MR) is 24.5 cm³/mol. The van der Waals surface area contributed by atoms with E-state index in [9.17, 15) is 4.79 Å². The molecule has 0 saturated heterocycles. The van der Waals surface area contributed by atoms with Gasteiger partial charge < -0.3 is 4.74 Å². The van der Waals surface area contributed by atoms with Crippen LogP contribution in [0.15, 0.2) is 0 Å². The van der Waals surface area contributed by atoms with Gasteiger partial charge in [0.15, 0.2) is 0 Å². The summed E-state index contributed by atoms with van der Waals surface area (Å²) in [7, 11) is 0. The molecule has 0 aliphatic carbocycles. The molecular formula is C4H10O2+2. The summed E-state index contributed by atoms with van der Waals surface area (Å²) in [5.41, 5.74) is 0. The molecule has 0 radical (unpaired) electrons. The van der Waals surface area contributed by atoms with Crippen LogP contribution in [0.5, 0.6) is 0 Å². The van der Waals surface area contributed by atoms with E-state index in [1.54, 1.807) is 6.92 Å². The molecule has 2 heteroatoms. The lowest BCUT2D eigenvalue weighted by molar-refractivity contribution is -0.140. The summed E-state index contributed by atoms with van der Waals surface area (Å²) in [5, 5.41) is 0. The largest absolute Gasteiger partial charge is 1.00 e. The summed E-state index contributed by atoms with van der Waals surface area (Å²) in [6, 6.07) is 0. The second kappa shape index (κ2) is 2.69. The van der Waals surface area contributed by atoms with Crippen LogP contribution in [0.25, 0.3) is 0 Å². The van der Waals surface area contributed by atoms with E-state index in [2.05, 4.69) is 4.74 Å². The van der Waals surface area contributed by atoms with Crippen molar-refractivity contribution in [2.24, 2.45) is 0 Å². The molecule has 0 heterocycles. The minimum absolute atomic E-state index is 0. The van der Waals surface area contributed by atoms with Crippen LogP contribution in [0.1, 0.15) is 16.7 Å². The fraction of sp³-hybridized carbons (Fsp3) is 0.750. The van der Waals surface area contributed by atoms with Crippen molar-refractivity contribution >= 4 is 5.97 Å². The lowest BCUT2D eigenvalue weighted by atomic mass is 10.8. The smallest absolute Gasteiger partial charge is 0.466 e. The fourth-order valence-corrected chi connectivity index (χ4v) is 0.203. The number of carbonyl (C=O) groups excluding carboxylic acids is 1. The molecule has 0 bridgehead atoms. The van der Waals surface area contributed by atoms with Crippen LogP contribution < -0.4 is 0 Å². The molecule has 0 aliphatic heterocycles. The van der Waals surface area contributed by atoms with Crippen LogP contribution in [0, 0.1) is 0 Å². The van der Waals surface area contributed by atoms with Gasteiger partial charge in [0, 0.05) is 6.92 Å². The molecule has 0 amide bonds. The van der Waals surface area contributed by atoms with Crippen LogP contribution in [0.3, 0.4) is 0 Å². The lowest BCUT2D eigenvalue weighted by Crippen LogP contribution is -1.95. The summed E-state index contributed by atoms with van der Waals surface area (Å²) in [4.78, 5) is 9.82. The molecular weight excluding hydrogens is 80.0 g/mol. The maximum Gasteiger partial charge on any atom is 1.00 e. The minimum atomic E-state index is -0.211. The molecule has 0 spiro atoms. The molecule has 0 N–H and O–H groups in total. The maximum absolute atomic E-state index is 9.82. The summed E-state index contributed by atoms with van der Waals surface area (Å²) in [6.07, 6.45) is 0. The van der Waals surface area contributed by atoms with E-state index in [-0.39, 0.29) is 8.82 Å². The molecule has 2 nitrogen and oxygen atoms in total. The molecule has 0 aromatic carbocycles. The second-order valence-electron chi connectivity index (χ2n) is 0.925. The molecule has 0 fully saturated rings. The number of hydrogen-bond donors (Lipinski definition) is 0. The van der Waals surface area contributed by atoms with E-state index in [1.165, 1.54) is 6.92 Å². The van der Waals surface area contributed by atoms with Gasteiger partial charge in [-0.05, 0) is 6.92 Å². The summed E-state index contributed by atoms with van der Waals surface area (Å²) in [5.74, 6) is -0.211. The molecule has 36 valence electrons. The van der Waals surface area contributed by atoms with Crippen molar-refractivity contribution in [3.63, 3.8) is 0 Å². The first-order valence-electron chi connectivity index (χ1n) is 1.90. The third-order valence-corrected chi connectivity index (χ3v) is 0.348. The van der Waals surface area contributed by atoms with Crippen LogP contribution in [0.2, 0.25) is 0 Å². The van der Waals surface area contributed by atoms with Gasteiger partial charge in [0.2, 0.25) is 0 Å². The Bertz CT molecular complexity index is 56.0. The van der Waals surface area contributed by atoms with Crippen molar-refractivity contribution in [2.45, 2.75) is 13.8 Å². The molecule has 0 aromatic rings. The van der Waals surface area contributed by atoms with Crippen molar-refractivity contribution in [2.75, 3.05) is 6.61 Å². The highest BCUT2D eigenvalue weighted by Gasteiger charge is 1.81. The van der Waals surface area contributed by atoms with Gasteiger partial charge in [-0.25, -0.2) is 0 Å². The predicted octanol–water partition coefficient (Wildman–Crippen LogP) is 0.794. The van der Waals surface area contributed by atoms with Crippen molar-refractivity contribution in [1.82, 2.24) is 0 Å². The Morgan fingerprint density at radius 3 is 2.50 bits per heavy atom. The zero-order valence-electron chi connectivity index (χ0n) is 6.02. The first kappa shape index (κ1) is 5.47. The Balaban J connectivity index is -0.000000125. The molecule has 0 unspecified atom stereocenters. The van der Waals surface area contributed by atoms with E-state index < -0.39 is 0 Å². The standard InChI is InChI=1S/C4H8O2/c1-3-6-4(2)5/h3H2,1-2H3/p+2. The van der Waals surface area contributed by atoms with Crippen molar-refractivity contribution in [1.29, 1.82) is 0 Å². The average molecular weight is 90.1 g/mol. The van der Waals surface area contributed by atoms with Gasteiger partial charge in [-0.1, -0.05) is 0 Å². The summed E-state index contributed by atoms with van der Waals surface area (Å²) < 4.78 is 4.40. The zero-order chi connectivity index (χ0) is 4.99. The normalized spacial score (nSPS) is 7.67. The number of rotatable bonds is 1. The van der Waals surface area contributed by atoms with Crippen LogP contribution in [0.4, 0.5) is 0 Å². The zero-order valence-corrected chi connectivity index (χ0v) is 4.02. The Morgan fingerprint density at radius 2 is 2.50 bits per heavy atom. The quantitative estimate of drug-likeness (QED) is 0.445. The third kappa shape index (κ3) is 3.47. The average Bonchev–Trinajstić information content (AvgIpc) is 1.35. The summed E-state index contributed by atoms with van der Waals surface area (Å²) in [6.45, 7) is 3.65. The molecule has 0 aliphatic rings. The SMILES string of the molecule is CCOC(C)=O.[H+].[H+]. The highest BCUT2D eigenvalue weighted by molar-refractivity contribution is 5.65. The maximum atomic E-state index is 9.82. The fourth-order valence-electron chi connectivity index (χ4n) is 0.203. The Hall–Kier alpha value is -0.530.